The van der Waals surface area contributed by atoms with Gasteiger partial charge in [0.25, 0.3) is 0 Å². The van der Waals surface area contributed by atoms with Gasteiger partial charge in [0.05, 0.1) is 17.5 Å². The Balaban J connectivity index is 0.000000200. The number of anilines is 4. The van der Waals surface area contributed by atoms with Crippen molar-refractivity contribution in [2.75, 3.05) is 73.6 Å². The molecule has 0 amide bonds. The number of hydrogen-bond donors (Lipinski definition) is 4. The van der Waals surface area contributed by atoms with Gasteiger partial charge in [-0.2, -0.15) is 0 Å². The van der Waals surface area contributed by atoms with E-state index in [9.17, 15) is 10.2 Å². The monoisotopic (exact) mass is 1060 g/mol. The average Bonchev–Trinajstić information content (AvgIpc) is 3.29. The second-order valence-electron chi connectivity index (χ2n) is 18.7. The number of piperazine rings is 2. The van der Waals surface area contributed by atoms with Crippen LogP contribution >= 0.6 is 22.6 Å². The van der Waals surface area contributed by atoms with Crippen LogP contribution in [-0.4, -0.2) is 115 Å². The standard InChI is InChI=1S/C20H24IN3O.C20H24N3O.3C4H9.Sn/c21-16-5-3-4-14-12-19(20(25)13-15(14)16)24-10-8-23(9-11-24)18-7-2-1-6-17(18)22;21-17-7-3-4-8-18(17)22-9-11-23(12-10-22)19-13-15-5-1-2-6-16(15)14-20(19)24;3*1-3-4-2;/h1-7,19-20,25H,8-13,22H2;1-5,7-8,19-20,24H,9-14,21H2;3*1,3-4H2,2H3;/t2*19?,20-;;;;/m11..../s1. The molecule has 2 aliphatic heterocycles. The fourth-order valence-corrected chi connectivity index (χ4v) is 29.1. The van der Waals surface area contributed by atoms with E-state index in [2.05, 4.69) is 118 Å². The first kappa shape index (κ1) is 47.4. The Morgan fingerprint density at radius 3 is 1.40 bits per heavy atom. The molecule has 0 bridgehead atoms. The van der Waals surface area contributed by atoms with Crippen molar-refractivity contribution in [1.82, 2.24) is 9.80 Å². The van der Waals surface area contributed by atoms with Crippen molar-refractivity contribution >= 4 is 67.3 Å². The maximum atomic E-state index is 11.6. The number of rotatable bonds is 14. The van der Waals surface area contributed by atoms with Crippen LogP contribution in [0.2, 0.25) is 13.3 Å². The number of nitrogen functional groups attached to an aromatic ring is 2. The Labute approximate surface area is 391 Å². The predicted octanol–water partition coefficient (Wildman–Crippen LogP) is 8.50. The van der Waals surface area contributed by atoms with Crippen molar-refractivity contribution < 1.29 is 10.2 Å². The largest absolute Gasteiger partial charge is 0.397 e. The van der Waals surface area contributed by atoms with E-state index in [1.807, 2.05) is 30.3 Å². The van der Waals surface area contributed by atoms with Crippen LogP contribution in [0.4, 0.5) is 22.7 Å². The van der Waals surface area contributed by atoms with Gasteiger partial charge in [0.2, 0.25) is 0 Å². The summed E-state index contributed by atoms with van der Waals surface area (Å²) in [5, 5.41) is 22.3. The molecule has 0 aromatic heterocycles. The molecule has 0 saturated carbocycles. The molecule has 2 fully saturated rings. The van der Waals surface area contributed by atoms with Crippen LogP contribution in [0, 0.1) is 3.57 Å². The molecule has 8 nitrogen and oxygen atoms in total. The topological polar surface area (TPSA) is 105 Å². The number of para-hydroxylation sites is 4. The summed E-state index contributed by atoms with van der Waals surface area (Å²) in [7, 11) is 0. The second kappa shape index (κ2) is 22.6. The minimum Gasteiger partial charge on any atom is -0.397 e. The normalized spacial score (nSPS) is 22.1. The van der Waals surface area contributed by atoms with Gasteiger partial charge < -0.3 is 15.7 Å². The number of aliphatic hydroxyl groups excluding tert-OH is 2. The van der Waals surface area contributed by atoms with E-state index in [0.29, 0.717) is 0 Å². The third-order valence-corrected chi connectivity index (χ3v) is 31.6. The molecular weight excluding hydrogens is 986 g/mol. The zero-order valence-corrected chi connectivity index (χ0v) is 43.0. The predicted molar refractivity (Wildman–Crippen MR) is 274 cm³/mol. The van der Waals surface area contributed by atoms with Crippen molar-refractivity contribution in [3.63, 3.8) is 0 Å². The molecule has 4 aromatic carbocycles. The zero-order valence-electron chi connectivity index (χ0n) is 38.0. The molecule has 4 aromatic rings. The van der Waals surface area contributed by atoms with Gasteiger partial charge in [0.1, 0.15) is 0 Å². The summed E-state index contributed by atoms with van der Waals surface area (Å²) in [5.74, 6) is 0. The van der Waals surface area contributed by atoms with Gasteiger partial charge in [0, 0.05) is 42.2 Å². The molecule has 0 spiro atoms. The number of halogens is 1. The second-order valence-corrected chi connectivity index (χ2v) is 33.0. The van der Waals surface area contributed by atoms with Crippen molar-refractivity contribution in [2.24, 2.45) is 0 Å². The molecular formula is C52H75IN6O2Sn. The number of unbranched alkanes of at least 4 members (excludes halogenated alkanes) is 3. The summed E-state index contributed by atoms with van der Waals surface area (Å²) >= 11 is -0.171. The van der Waals surface area contributed by atoms with E-state index in [4.69, 9.17) is 11.5 Å². The molecule has 10 heteroatoms. The van der Waals surface area contributed by atoms with E-state index in [1.165, 1.54) is 72.1 Å². The SMILES string of the molecule is CCC[CH2][Sn]([CH2]CCC)([CH2]CCC)[c]1cccc2c1C[C@@H](O)C(N1CCN(c3ccccc3N)CC1)C2.Nc1ccccc1N1CCN(C2Cc3cccc(I)c3C[C@H]2O)CC1. The first-order chi connectivity index (χ1) is 30.2. The molecule has 62 heavy (non-hydrogen) atoms. The Hall–Kier alpha value is -2.55. The van der Waals surface area contributed by atoms with Gasteiger partial charge in [-0.25, -0.2) is 0 Å². The Morgan fingerprint density at radius 2 is 0.952 bits per heavy atom. The van der Waals surface area contributed by atoms with Gasteiger partial charge in [-0.1, -0.05) is 30.3 Å². The molecule has 2 heterocycles. The minimum atomic E-state index is -2.56. The van der Waals surface area contributed by atoms with Gasteiger partial charge in [-0.05, 0) is 58.3 Å². The molecule has 2 saturated heterocycles. The average molecular weight is 1060 g/mol. The molecule has 0 radical (unpaired) electrons. The molecule has 4 atom stereocenters. The van der Waals surface area contributed by atoms with Gasteiger partial charge in [0.15, 0.2) is 0 Å². The zero-order chi connectivity index (χ0) is 43.6. The van der Waals surface area contributed by atoms with Crippen LogP contribution in [0.25, 0.3) is 0 Å². The van der Waals surface area contributed by atoms with Gasteiger partial charge in [-0.15, -0.1) is 0 Å². The first-order valence-corrected chi connectivity index (χ1v) is 32.6. The van der Waals surface area contributed by atoms with Crippen molar-refractivity contribution in [1.29, 1.82) is 0 Å². The molecule has 8 rings (SSSR count). The van der Waals surface area contributed by atoms with E-state index in [0.717, 1.165) is 101 Å². The number of nitrogens with zero attached hydrogens (tertiary/aromatic N) is 4. The Kier molecular flexibility index (Phi) is 17.3. The smallest absolute Gasteiger partial charge is 0.0739 e. The van der Waals surface area contributed by atoms with E-state index >= 15 is 0 Å². The number of hydrogen-bond acceptors (Lipinski definition) is 8. The maximum absolute atomic E-state index is 11.6. The fourth-order valence-electron chi connectivity index (χ4n) is 11.2. The van der Waals surface area contributed by atoms with Crippen LogP contribution in [0.5, 0.6) is 0 Å². The number of fused-ring (bicyclic) bond motifs is 2. The van der Waals surface area contributed by atoms with Gasteiger partial charge >= 0.3 is 225 Å². The quantitative estimate of drug-likeness (QED) is 0.0567. The van der Waals surface area contributed by atoms with E-state index in [1.54, 1.807) is 9.14 Å². The van der Waals surface area contributed by atoms with E-state index in [-0.39, 0.29) is 24.3 Å². The van der Waals surface area contributed by atoms with Crippen molar-refractivity contribution in [2.45, 2.75) is 123 Å². The van der Waals surface area contributed by atoms with Crippen LogP contribution in [-0.2, 0) is 25.7 Å². The van der Waals surface area contributed by atoms with E-state index < -0.39 is 18.4 Å². The summed E-state index contributed by atoms with van der Waals surface area (Å²) in [6, 6.07) is 30.5. The molecule has 2 aliphatic carbocycles. The first-order valence-electron chi connectivity index (χ1n) is 24.1. The molecule has 6 N–H and O–H groups in total. The summed E-state index contributed by atoms with van der Waals surface area (Å²) < 4.78 is 7.53. The molecule has 336 valence electrons. The molecule has 2 unspecified atom stereocenters. The third-order valence-electron chi connectivity index (χ3n) is 14.8. The van der Waals surface area contributed by atoms with Gasteiger partial charge in [-0.3, -0.25) is 4.90 Å². The Morgan fingerprint density at radius 1 is 0.532 bits per heavy atom. The summed E-state index contributed by atoms with van der Waals surface area (Å²) in [5.41, 5.74) is 22.2. The van der Waals surface area contributed by atoms with Crippen LogP contribution in [0.1, 0.15) is 81.5 Å². The maximum Gasteiger partial charge on any atom is 0.0739 e. The number of nitrogens with two attached hydrogens (primary N) is 2. The number of aliphatic hydroxyl groups is 2. The van der Waals surface area contributed by atoms with Crippen molar-refractivity contribution in [3.8, 4) is 0 Å². The minimum absolute atomic E-state index is 0.223. The summed E-state index contributed by atoms with van der Waals surface area (Å²) in [6.45, 7) is 14.8. The van der Waals surface area contributed by atoms with Crippen LogP contribution < -0.4 is 24.8 Å². The van der Waals surface area contributed by atoms with Crippen LogP contribution in [0.15, 0.2) is 84.9 Å². The van der Waals surface area contributed by atoms with Crippen molar-refractivity contribution in [3.05, 3.63) is 111 Å². The summed E-state index contributed by atoms with van der Waals surface area (Å²) in [4.78, 5) is 9.78. The van der Waals surface area contributed by atoms with Crippen LogP contribution in [0.3, 0.4) is 0 Å². The fraction of sp³-hybridized carbons (Fsp3) is 0.538. The summed E-state index contributed by atoms with van der Waals surface area (Å²) in [6.07, 6.45) is 11.1. The third kappa shape index (κ3) is 11.1. The molecule has 4 aliphatic rings. The number of benzene rings is 4. The Bertz CT molecular complexity index is 2010.